The number of carbonyl (C=O) groups is 1. The lowest BCUT2D eigenvalue weighted by atomic mass is 10.1. The summed E-state index contributed by atoms with van der Waals surface area (Å²) in [6.45, 7) is 6.63. The predicted octanol–water partition coefficient (Wildman–Crippen LogP) is 3.20. The molecule has 7 nitrogen and oxygen atoms in total. The van der Waals surface area contributed by atoms with Crippen LogP contribution in [0.1, 0.15) is 34.6 Å². The molecule has 3 rings (SSSR count). The van der Waals surface area contributed by atoms with Crippen molar-refractivity contribution < 1.29 is 13.2 Å². The highest BCUT2D eigenvalue weighted by Gasteiger charge is 2.24. The molecule has 1 amide bonds. The molecule has 0 bridgehead atoms. The molecule has 2 heterocycles. The Balaban J connectivity index is 2.08. The maximum absolute atomic E-state index is 13.2. The van der Waals surface area contributed by atoms with Crippen LogP contribution in [0.2, 0.25) is 0 Å². The maximum Gasteiger partial charge on any atom is 0.254 e. The number of rotatable bonds is 7. The molecule has 1 aromatic carbocycles. The van der Waals surface area contributed by atoms with E-state index in [0.717, 1.165) is 10.4 Å². The van der Waals surface area contributed by atoms with Gasteiger partial charge in [-0.2, -0.15) is 4.31 Å². The fourth-order valence-electron chi connectivity index (χ4n) is 3.34. The number of hydrogen-bond acceptors (Lipinski definition) is 5. The van der Waals surface area contributed by atoms with Gasteiger partial charge in [0, 0.05) is 42.0 Å². The smallest absolute Gasteiger partial charge is 0.254 e. The lowest BCUT2D eigenvalue weighted by Crippen LogP contribution is -2.30. The van der Waals surface area contributed by atoms with Gasteiger partial charge in [-0.05, 0) is 42.1 Å². The van der Waals surface area contributed by atoms with Crippen LogP contribution in [0.15, 0.2) is 45.4 Å². The molecule has 0 spiro atoms. The van der Waals surface area contributed by atoms with Crippen molar-refractivity contribution in [2.45, 2.75) is 32.2 Å². The van der Waals surface area contributed by atoms with Gasteiger partial charge in [0.1, 0.15) is 0 Å². The van der Waals surface area contributed by atoms with Gasteiger partial charge in [-0.15, -0.1) is 11.3 Å². The van der Waals surface area contributed by atoms with Crippen molar-refractivity contribution in [3.05, 3.63) is 62.1 Å². The highest BCUT2D eigenvalue weighted by atomic mass is 32.2. The Labute approximate surface area is 180 Å². The Bertz CT molecular complexity index is 1240. The van der Waals surface area contributed by atoms with Crippen molar-refractivity contribution >= 4 is 38.2 Å². The number of pyridine rings is 1. The number of nitrogens with zero attached hydrogens (tertiary/aromatic N) is 2. The van der Waals surface area contributed by atoms with Crippen LogP contribution >= 0.6 is 11.3 Å². The fourth-order valence-corrected chi connectivity index (χ4v) is 5.79. The summed E-state index contributed by atoms with van der Waals surface area (Å²) in [4.78, 5) is 30.7. The number of amides is 1. The van der Waals surface area contributed by atoms with Crippen LogP contribution in [0, 0.1) is 6.92 Å². The maximum atomic E-state index is 13.2. The molecule has 0 saturated heterocycles. The summed E-state index contributed by atoms with van der Waals surface area (Å²) in [6.07, 6.45) is 0. The van der Waals surface area contributed by atoms with Crippen molar-refractivity contribution in [1.29, 1.82) is 0 Å². The first-order valence-corrected chi connectivity index (χ1v) is 12.0. The number of aryl methyl sites for hydroxylation is 1. The van der Waals surface area contributed by atoms with E-state index in [2.05, 4.69) is 4.98 Å². The van der Waals surface area contributed by atoms with Gasteiger partial charge >= 0.3 is 0 Å². The van der Waals surface area contributed by atoms with Crippen LogP contribution in [-0.2, 0) is 16.6 Å². The number of aromatic nitrogens is 1. The molecule has 0 unspecified atom stereocenters. The van der Waals surface area contributed by atoms with Gasteiger partial charge in [0.2, 0.25) is 15.6 Å². The average Bonchev–Trinajstić information content (AvgIpc) is 3.11. The predicted molar refractivity (Wildman–Crippen MR) is 120 cm³/mol. The molecule has 160 valence electrons. The first-order chi connectivity index (χ1) is 14.2. The third-order valence-electron chi connectivity index (χ3n) is 5.08. The quantitative estimate of drug-likeness (QED) is 0.602. The van der Waals surface area contributed by atoms with Crippen LogP contribution in [0.5, 0.6) is 0 Å². The van der Waals surface area contributed by atoms with Gasteiger partial charge in [-0.3, -0.25) is 9.59 Å². The highest BCUT2D eigenvalue weighted by Crippen LogP contribution is 2.24. The molecule has 3 aromatic rings. The van der Waals surface area contributed by atoms with Crippen molar-refractivity contribution in [1.82, 2.24) is 14.2 Å². The number of hydrogen-bond donors (Lipinski definition) is 1. The van der Waals surface area contributed by atoms with Crippen LogP contribution in [-0.4, -0.2) is 48.7 Å². The summed E-state index contributed by atoms with van der Waals surface area (Å²) in [6, 6.07) is 7.68. The zero-order valence-corrected chi connectivity index (χ0v) is 19.1. The lowest BCUT2D eigenvalue weighted by molar-refractivity contribution is 0.0788. The molecule has 0 saturated carbocycles. The molecule has 0 radical (unpaired) electrons. The topological polar surface area (TPSA) is 90.5 Å². The Kier molecular flexibility index (Phi) is 6.44. The normalized spacial score (nSPS) is 11.9. The minimum Gasteiger partial charge on any atom is -0.337 e. The summed E-state index contributed by atoms with van der Waals surface area (Å²) in [7, 11) is -2.02. The summed E-state index contributed by atoms with van der Waals surface area (Å²) in [5, 5.41) is 2.37. The highest BCUT2D eigenvalue weighted by molar-refractivity contribution is 7.89. The average molecular weight is 448 g/mol. The second-order valence-electron chi connectivity index (χ2n) is 7.03. The first-order valence-electron chi connectivity index (χ1n) is 9.64. The van der Waals surface area contributed by atoms with Crippen molar-refractivity contribution in [3.8, 4) is 0 Å². The van der Waals surface area contributed by atoms with Gasteiger partial charge in [-0.1, -0.05) is 13.8 Å². The van der Waals surface area contributed by atoms with Crippen molar-refractivity contribution in [2.75, 3.05) is 20.1 Å². The number of aromatic amines is 1. The molecule has 0 fully saturated rings. The molecular formula is C21H25N3O4S2. The molecule has 0 atom stereocenters. The molecule has 0 aliphatic rings. The van der Waals surface area contributed by atoms with Crippen LogP contribution < -0.4 is 5.56 Å². The van der Waals surface area contributed by atoms with E-state index in [-0.39, 0.29) is 16.4 Å². The van der Waals surface area contributed by atoms with Gasteiger partial charge in [-0.25, -0.2) is 8.42 Å². The van der Waals surface area contributed by atoms with E-state index in [0.29, 0.717) is 30.5 Å². The minimum atomic E-state index is -3.69. The zero-order valence-electron chi connectivity index (χ0n) is 17.4. The van der Waals surface area contributed by atoms with Gasteiger partial charge in [0.05, 0.1) is 17.0 Å². The SMILES string of the molecule is CCN(CC)S(=O)(=O)c1ccc2[nH]c(=O)cc(C(=O)N(C)Cc3sccc3C)c2c1. The lowest BCUT2D eigenvalue weighted by Gasteiger charge is -2.20. The summed E-state index contributed by atoms with van der Waals surface area (Å²) in [5.41, 5.74) is 1.29. The van der Waals surface area contributed by atoms with E-state index >= 15 is 0 Å². The Morgan fingerprint density at radius 2 is 1.83 bits per heavy atom. The Morgan fingerprint density at radius 1 is 1.13 bits per heavy atom. The minimum absolute atomic E-state index is 0.0940. The van der Waals surface area contributed by atoms with Crippen LogP contribution in [0.3, 0.4) is 0 Å². The molecular weight excluding hydrogens is 422 g/mol. The number of sulfonamides is 1. The second-order valence-corrected chi connectivity index (χ2v) is 9.97. The largest absolute Gasteiger partial charge is 0.337 e. The Hall–Kier alpha value is -2.49. The molecule has 1 N–H and O–H groups in total. The van der Waals surface area contributed by atoms with E-state index in [1.807, 2.05) is 18.4 Å². The number of thiophene rings is 1. The molecule has 30 heavy (non-hydrogen) atoms. The van der Waals surface area contributed by atoms with Crippen molar-refractivity contribution in [3.63, 3.8) is 0 Å². The van der Waals surface area contributed by atoms with Gasteiger partial charge in [0.15, 0.2) is 0 Å². The first kappa shape index (κ1) is 22.2. The Morgan fingerprint density at radius 3 is 2.43 bits per heavy atom. The molecule has 0 aliphatic carbocycles. The van der Waals surface area contributed by atoms with Crippen molar-refractivity contribution in [2.24, 2.45) is 0 Å². The molecule has 2 aromatic heterocycles. The third kappa shape index (κ3) is 4.19. The monoisotopic (exact) mass is 447 g/mol. The zero-order chi connectivity index (χ0) is 22.1. The number of H-pyrrole nitrogens is 1. The summed E-state index contributed by atoms with van der Waals surface area (Å²) >= 11 is 1.56. The fraction of sp³-hybridized carbons (Fsp3) is 0.333. The van der Waals surface area contributed by atoms with E-state index in [1.165, 1.54) is 28.6 Å². The van der Waals surface area contributed by atoms with E-state index in [4.69, 9.17) is 0 Å². The number of fused-ring (bicyclic) bond motifs is 1. The van der Waals surface area contributed by atoms with Crippen LogP contribution in [0.4, 0.5) is 0 Å². The molecule has 0 aliphatic heterocycles. The van der Waals surface area contributed by atoms with E-state index < -0.39 is 15.6 Å². The van der Waals surface area contributed by atoms with Gasteiger partial charge < -0.3 is 9.88 Å². The number of nitrogens with one attached hydrogen (secondary N) is 1. The standard InChI is InChI=1S/C21H25N3O4S2/c1-5-24(6-2)30(27,28)15-7-8-18-16(11-15)17(12-20(25)22-18)21(26)23(4)13-19-14(3)9-10-29-19/h7-12H,5-6,13H2,1-4H3,(H,22,25). The van der Waals surface area contributed by atoms with E-state index in [9.17, 15) is 18.0 Å². The summed E-state index contributed by atoms with van der Waals surface area (Å²) in [5.74, 6) is -0.337. The van der Waals surface area contributed by atoms with E-state index in [1.54, 1.807) is 37.1 Å². The van der Waals surface area contributed by atoms with Gasteiger partial charge in [0.25, 0.3) is 5.91 Å². The molecule has 9 heteroatoms. The third-order valence-corrected chi connectivity index (χ3v) is 8.14. The van der Waals surface area contributed by atoms with Crippen LogP contribution in [0.25, 0.3) is 10.9 Å². The number of benzene rings is 1. The summed E-state index contributed by atoms with van der Waals surface area (Å²) < 4.78 is 27.2. The second kappa shape index (κ2) is 8.71. The number of carbonyl (C=O) groups excluding carboxylic acids is 1.